The second-order valence-electron chi connectivity index (χ2n) is 4.42. The van der Waals surface area contributed by atoms with Gasteiger partial charge < -0.3 is 15.2 Å². The van der Waals surface area contributed by atoms with Crippen LogP contribution in [0.5, 0.6) is 0 Å². The minimum atomic E-state index is -0.942. The summed E-state index contributed by atoms with van der Waals surface area (Å²) in [5.74, 6) is -0.233. The molecule has 14 heavy (non-hydrogen) atoms. The highest BCUT2D eigenvalue weighted by molar-refractivity contribution is 5.88. The van der Waals surface area contributed by atoms with E-state index in [9.17, 15) is 9.59 Å². The molecular weight excluding hydrogens is 186 g/mol. The topological polar surface area (TPSA) is 78.6 Å². The highest BCUT2D eigenvalue weighted by Crippen LogP contribution is 2.30. The molecule has 1 aliphatic heterocycles. The zero-order chi connectivity index (χ0) is 10.9. The van der Waals surface area contributed by atoms with E-state index in [-0.39, 0.29) is 17.8 Å². The number of hydrogen-bond donors (Lipinski definition) is 1. The third-order valence-electron chi connectivity index (χ3n) is 2.09. The van der Waals surface area contributed by atoms with Crippen LogP contribution >= 0.6 is 0 Å². The van der Waals surface area contributed by atoms with Crippen LogP contribution in [0, 0.1) is 5.41 Å². The van der Waals surface area contributed by atoms with Crippen molar-refractivity contribution in [2.24, 2.45) is 11.1 Å². The molecule has 1 saturated heterocycles. The van der Waals surface area contributed by atoms with E-state index in [4.69, 9.17) is 15.2 Å². The molecule has 1 aliphatic rings. The summed E-state index contributed by atoms with van der Waals surface area (Å²) < 4.78 is 9.99. The van der Waals surface area contributed by atoms with E-state index >= 15 is 0 Å². The Bertz CT molecular complexity index is 256. The third kappa shape index (κ3) is 2.23. The first kappa shape index (κ1) is 11.0. The number of amides is 1. The zero-order valence-corrected chi connectivity index (χ0v) is 8.57. The first-order valence-corrected chi connectivity index (χ1v) is 4.43. The van der Waals surface area contributed by atoms with E-state index in [1.54, 1.807) is 0 Å². The van der Waals surface area contributed by atoms with Crippen molar-refractivity contribution < 1.29 is 19.1 Å². The smallest absolute Gasteiger partial charge is 0.405 e. The Labute approximate surface area is 82.5 Å². The number of carbonyl (C=O) groups is 2. The fourth-order valence-electron chi connectivity index (χ4n) is 1.47. The molecule has 0 radical (unpaired) electrons. The van der Waals surface area contributed by atoms with Crippen LogP contribution in [0.15, 0.2) is 0 Å². The number of rotatable bonds is 1. The Balaban J connectivity index is 2.77. The summed E-state index contributed by atoms with van der Waals surface area (Å²) in [6, 6.07) is 0. The van der Waals surface area contributed by atoms with Gasteiger partial charge in [-0.25, -0.2) is 4.79 Å². The number of ketones is 1. The van der Waals surface area contributed by atoms with Crippen LogP contribution in [0.2, 0.25) is 0 Å². The highest BCUT2D eigenvalue weighted by atomic mass is 16.6. The number of ether oxygens (including phenoxy) is 2. The fourth-order valence-corrected chi connectivity index (χ4v) is 1.47. The van der Waals surface area contributed by atoms with Gasteiger partial charge in [0.15, 0.2) is 6.10 Å². The maximum atomic E-state index is 11.3. The average molecular weight is 201 g/mol. The molecule has 2 atom stereocenters. The molecule has 1 amide bonds. The molecular formula is C9H15NO4. The van der Waals surface area contributed by atoms with Crippen LogP contribution < -0.4 is 5.73 Å². The maximum Gasteiger partial charge on any atom is 0.405 e. The van der Waals surface area contributed by atoms with Crippen molar-refractivity contribution in [1.29, 1.82) is 0 Å². The summed E-state index contributed by atoms with van der Waals surface area (Å²) in [4.78, 5) is 21.9. The van der Waals surface area contributed by atoms with E-state index in [0.29, 0.717) is 0 Å². The lowest BCUT2D eigenvalue weighted by atomic mass is 9.86. The lowest BCUT2D eigenvalue weighted by Gasteiger charge is -2.29. The van der Waals surface area contributed by atoms with Gasteiger partial charge in [-0.3, -0.25) is 4.79 Å². The molecule has 0 aromatic carbocycles. The molecule has 0 spiro atoms. The van der Waals surface area contributed by atoms with Crippen molar-refractivity contribution in [2.75, 3.05) is 6.61 Å². The summed E-state index contributed by atoms with van der Waals surface area (Å²) in [6.45, 7) is 5.72. The van der Waals surface area contributed by atoms with Gasteiger partial charge in [-0.2, -0.15) is 0 Å². The number of Topliss-reactive ketones (excluding diaryl/α,β-unsaturated/α-hetero) is 1. The SMILES string of the molecule is CC(C)(C)C1OCC(=O)C1OC(N)=O. The molecule has 2 unspecified atom stereocenters. The van der Waals surface area contributed by atoms with Crippen LogP contribution in [-0.2, 0) is 14.3 Å². The standard InChI is InChI=1S/C9H15NO4/c1-9(2,3)7-6(14-8(10)12)5(11)4-13-7/h6-7H,4H2,1-3H3,(H2,10,12). The molecule has 0 aromatic rings. The van der Waals surface area contributed by atoms with Crippen molar-refractivity contribution in [1.82, 2.24) is 0 Å². The molecule has 5 nitrogen and oxygen atoms in total. The van der Waals surface area contributed by atoms with E-state index in [1.165, 1.54) is 0 Å². The van der Waals surface area contributed by atoms with Crippen molar-refractivity contribution in [3.8, 4) is 0 Å². The molecule has 0 bridgehead atoms. The Morgan fingerprint density at radius 3 is 2.57 bits per heavy atom. The van der Waals surface area contributed by atoms with Gasteiger partial charge in [-0.1, -0.05) is 20.8 Å². The van der Waals surface area contributed by atoms with Gasteiger partial charge in [0.2, 0.25) is 5.78 Å². The van der Waals surface area contributed by atoms with Crippen LogP contribution in [0.4, 0.5) is 4.79 Å². The van der Waals surface area contributed by atoms with Gasteiger partial charge in [-0.15, -0.1) is 0 Å². The van der Waals surface area contributed by atoms with Gasteiger partial charge in [-0.05, 0) is 5.41 Å². The lowest BCUT2D eigenvalue weighted by Crippen LogP contribution is -2.41. The van der Waals surface area contributed by atoms with E-state index < -0.39 is 18.3 Å². The van der Waals surface area contributed by atoms with Crippen LogP contribution in [0.3, 0.4) is 0 Å². The first-order chi connectivity index (χ1) is 6.32. The number of hydrogen-bond acceptors (Lipinski definition) is 4. The summed E-state index contributed by atoms with van der Waals surface area (Å²) in [5.41, 5.74) is 4.61. The van der Waals surface area contributed by atoms with Crippen LogP contribution in [-0.4, -0.2) is 30.7 Å². The monoisotopic (exact) mass is 201 g/mol. The Kier molecular flexibility index (Phi) is 2.80. The number of carbonyl (C=O) groups excluding carboxylic acids is 2. The molecule has 0 aliphatic carbocycles. The van der Waals surface area contributed by atoms with Gasteiger partial charge in [0, 0.05) is 0 Å². The van der Waals surface area contributed by atoms with Gasteiger partial charge in [0.05, 0.1) is 0 Å². The summed E-state index contributed by atoms with van der Waals surface area (Å²) in [7, 11) is 0. The minimum absolute atomic E-state index is 0.0140. The lowest BCUT2D eigenvalue weighted by molar-refractivity contribution is -0.124. The summed E-state index contributed by atoms with van der Waals surface area (Å²) >= 11 is 0. The fraction of sp³-hybridized carbons (Fsp3) is 0.778. The van der Waals surface area contributed by atoms with Crippen LogP contribution in [0.25, 0.3) is 0 Å². The molecule has 5 heteroatoms. The first-order valence-electron chi connectivity index (χ1n) is 4.43. The Morgan fingerprint density at radius 2 is 2.14 bits per heavy atom. The second kappa shape index (κ2) is 3.57. The second-order valence-corrected chi connectivity index (χ2v) is 4.42. The normalized spacial score (nSPS) is 27.8. The molecule has 80 valence electrons. The molecule has 0 saturated carbocycles. The quantitative estimate of drug-likeness (QED) is 0.668. The van der Waals surface area contributed by atoms with E-state index in [0.717, 1.165) is 0 Å². The minimum Gasteiger partial charge on any atom is -0.435 e. The summed E-state index contributed by atoms with van der Waals surface area (Å²) in [5, 5.41) is 0. The summed E-state index contributed by atoms with van der Waals surface area (Å²) in [6.07, 6.45) is -2.21. The predicted octanol–water partition coefficient (Wildman–Crippen LogP) is 0.464. The van der Waals surface area contributed by atoms with E-state index in [2.05, 4.69) is 0 Å². The van der Waals surface area contributed by atoms with Crippen molar-refractivity contribution in [3.63, 3.8) is 0 Å². The highest BCUT2D eigenvalue weighted by Gasteiger charge is 2.45. The molecule has 2 N–H and O–H groups in total. The molecule has 1 fully saturated rings. The maximum absolute atomic E-state index is 11.3. The van der Waals surface area contributed by atoms with E-state index in [1.807, 2.05) is 20.8 Å². The van der Waals surface area contributed by atoms with Gasteiger partial charge in [0.1, 0.15) is 12.7 Å². The number of primary amides is 1. The third-order valence-corrected chi connectivity index (χ3v) is 2.09. The largest absolute Gasteiger partial charge is 0.435 e. The van der Waals surface area contributed by atoms with Crippen LogP contribution in [0.1, 0.15) is 20.8 Å². The Morgan fingerprint density at radius 1 is 1.57 bits per heavy atom. The van der Waals surface area contributed by atoms with Crippen molar-refractivity contribution in [3.05, 3.63) is 0 Å². The molecule has 0 aromatic heterocycles. The molecule has 1 rings (SSSR count). The average Bonchev–Trinajstić information content (AvgIpc) is 2.30. The van der Waals surface area contributed by atoms with Gasteiger partial charge >= 0.3 is 6.09 Å². The zero-order valence-electron chi connectivity index (χ0n) is 8.57. The predicted molar refractivity (Wildman–Crippen MR) is 48.7 cm³/mol. The van der Waals surface area contributed by atoms with Crippen molar-refractivity contribution >= 4 is 11.9 Å². The Hall–Kier alpha value is -1.10. The van der Waals surface area contributed by atoms with Gasteiger partial charge in [0.25, 0.3) is 0 Å². The van der Waals surface area contributed by atoms with Crippen molar-refractivity contribution in [2.45, 2.75) is 33.0 Å². The number of nitrogens with two attached hydrogens (primary N) is 1. The molecule has 1 heterocycles.